The average molecular weight is 381 g/mol. The summed E-state index contributed by atoms with van der Waals surface area (Å²) >= 11 is 6.02. The Hall–Kier alpha value is -1.06. The van der Waals surface area contributed by atoms with Gasteiger partial charge in [-0.2, -0.15) is 0 Å². The van der Waals surface area contributed by atoms with E-state index >= 15 is 0 Å². The molecule has 4 heteroatoms. The molecule has 0 fully saturated rings. The Morgan fingerprint density at radius 1 is 1.04 bits per heavy atom. The molecular formula is C22H37ClN2O. The van der Waals surface area contributed by atoms with Gasteiger partial charge in [-0.1, -0.05) is 64.3 Å². The second kappa shape index (κ2) is 12.3. The minimum atomic E-state index is -0.313. The predicted molar refractivity (Wildman–Crippen MR) is 113 cm³/mol. The number of hydrogen-bond donors (Lipinski definition) is 1. The Morgan fingerprint density at radius 2 is 1.62 bits per heavy atom. The van der Waals surface area contributed by atoms with Crippen molar-refractivity contribution in [3.63, 3.8) is 0 Å². The summed E-state index contributed by atoms with van der Waals surface area (Å²) in [5.74, 6) is 0.218. The normalized spacial score (nSPS) is 11.8. The number of halogens is 1. The molecule has 26 heavy (non-hydrogen) atoms. The fourth-order valence-corrected chi connectivity index (χ4v) is 3.92. The molecule has 0 aromatic heterocycles. The quantitative estimate of drug-likeness (QED) is 0.470. The maximum Gasteiger partial charge on any atom is 0.226 e. The molecule has 0 bridgehead atoms. The molecule has 0 spiro atoms. The van der Waals surface area contributed by atoms with Gasteiger partial charge in [0.15, 0.2) is 0 Å². The zero-order valence-electron chi connectivity index (χ0n) is 17.1. The van der Waals surface area contributed by atoms with Crippen LogP contribution in [-0.2, 0) is 11.2 Å². The monoisotopic (exact) mass is 380 g/mol. The van der Waals surface area contributed by atoms with Crippen molar-refractivity contribution in [3.8, 4) is 0 Å². The minimum Gasteiger partial charge on any atom is -0.356 e. The predicted octanol–water partition coefficient (Wildman–Crippen LogP) is 5.32. The van der Waals surface area contributed by atoms with Crippen LogP contribution in [0, 0.1) is 5.41 Å². The third-order valence-electron chi connectivity index (χ3n) is 5.23. The van der Waals surface area contributed by atoms with Gasteiger partial charge in [0.05, 0.1) is 5.41 Å². The molecule has 0 heterocycles. The topological polar surface area (TPSA) is 32.3 Å². The van der Waals surface area contributed by atoms with Gasteiger partial charge in [-0.15, -0.1) is 0 Å². The molecule has 0 unspecified atom stereocenters. The van der Waals surface area contributed by atoms with Gasteiger partial charge in [0.25, 0.3) is 0 Å². The molecule has 0 aliphatic carbocycles. The number of amides is 1. The Kier molecular flexibility index (Phi) is 10.9. The van der Waals surface area contributed by atoms with E-state index in [1.165, 1.54) is 5.56 Å². The molecule has 3 nitrogen and oxygen atoms in total. The van der Waals surface area contributed by atoms with Gasteiger partial charge in [0, 0.05) is 11.6 Å². The van der Waals surface area contributed by atoms with Gasteiger partial charge in [-0.25, -0.2) is 0 Å². The maximum absolute atomic E-state index is 13.1. The zero-order valence-corrected chi connectivity index (χ0v) is 17.9. The van der Waals surface area contributed by atoms with Gasteiger partial charge < -0.3 is 10.2 Å². The van der Waals surface area contributed by atoms with Crippen molar-refractivity contribution in [3.05, 3.63) is 34.9 Å². The van der Waals surface area contributed by atoms with Crippen LogP contribution >= 0.6 is 11.6 Å². The molecule has 0 radical (unpaired) electrons. The smallest absolute Gasteiger partial charge is 0.226 e. The fourth-order valence-electron chi connectivity index (χ4n) is 3.79. The Labute approximate surface area is 165 Å². The summed E-state index contributed by atoms with van der Waals surface area (Å²) in [5, 5.41) is 3.98. The fraction of sp³-hybridized carbons (Fsp3) is 0.682. The summed E-state index contributed by atoms with van der Waals surface area (Å²) in [4.78, 5) is 15.5. The molecule has 1 rings (SSSR count). The van der Waals surface area contributed by atoms with Crippen molar-refractivity contribution in [2.45, 2.75) is 66.2 Å². The van der Waals surface area contributed by atoms with Gasteiger partial charge in [0.2, 0.25) is 5.91 Å². The van der Waals surface area contributed by atoms with Crippen molar-refractivity contribution in [1.82, 2.24) is 10.2 Å². The van der Waals surface area contributed by atoms with E-state index in [0.717, 1.165) is 69.7 Å². The van der Waals surface area contributed by atoms with Crippen molar-refractivity contribution in [1.29, 1.82) is 0 Å². The van der Waals surface area contributed by atoms with E-state index in [1.807, 2.05) is 12.1 Å². The molecule has 1 aromatic carbocycles. The number of carbonyl (C=O) groups excluding carboxylic acids is 1. The lowest BCUT2D eigenvalue weighted by Crippen LogP contribution is -2.43. The summed E-state index contributed by atoms with van der Waals surface area (Å²) in [6.45, 7) is 12.6. The maximum atomic E-state index is 13.1. The van der Waals surface area contributed by atoms with Crippen LogP contribution in [0.25, 0.3) is 0 Å². The van der Waals surface area contributed by atoms with Crippen LogP contribution in [0.5, 0.6) is 0 Å². The highest BCUT2D eigenvalue weighted by Gasteiger charge is 2.36. The molecule has 0 saturated heterocycles. The number of nitrogens with zero attached hydrogens (tertiary/aromatic N) is 1. The summed E-state index contributed by atoms with van der Waals surface area (Å²) < 4.78 is 0. The number of nitrogens with one attached hydrogen (secondary N) is 1. The second-order valence-corrected chi connectivity index (χ2v) is 7.66. The first-order valence-corrected chi connectivity index (χ1v) is 10.6. The Balaban J connectivity index is 2.76. The molecule has 1 amide bonds. The second-order valence-electron chi connectivity index (χ2n) is 7.22. The Bertz CT molecular complexity index is 505. The van der Waals surface area contributed by atoms with Crippen LogP contribution in [0.3, 0.4) is 0 Å². The average Bonchev–Trinajstić information content (AvgIpc) is 2.64. The van der Waals surface area contributed by atoms with Gasteiger partial charge in [-0.3, -0.25) is 4.79 Å². The molecule has 148 valence electrons. The SMILES string of the molecule is CCCC(CCC)(Cc1ccc(Cl)cc1)C(=O)NCCCN(CC)CC. The van der Waals surface area contributed by atoms with E-state index in [-0.39, 0.29) is 11.3 Å². The first-order chi connectivity index (χ1) is 12.5. The van der Waals surface area contributed by atoms with Crippen molar-refractivity contribution in [2.24, 2.45) is 5.41 Å². The number of benzene rings is 1. The Morgan fingerprint density at radius 3 is 2.12 bits per heavy atom. The largest absolute Gasteiger partial charge is 0.356 e. The van der Waals surface area contributed by atoms with Gasteiger partial charge >= 0.3 is 0 Å². The van der Waals surface area contributed by atoms with E-state index in [1.54, 1.807) is 0 Å². The van der Waals surface area contributed by atoms with Crippen molar-refractivity contribution >= 4 is 17.5 Å². The lowest BCUT2D eigenvalue weighted by Gasteiger charge is -2.32. The van der Waals surface area contributed by atoms with E-state index in [9.17, 15) is 4.79 Å². The highest BCUT2D eigenvalue weighted by Crippen LogP contribution is 2.34. The number of hydrogen-bond acceptors (Lipinski definition) is 2. The van der Waals surface area contributed by atoms with Crippen LogP contribution in [0.15, 0.2) is 24.3 Å². The van der Waals surface area contributed by atoms with Crippen molar-refractivity contribution < 1.29 is 4.79 Å². The number of carbonyl (C=O) groups is 1. The summed E-state index contributed by atoms with van der Waals surface area (Å²) in [6, 6.07) is 7.94. The summed E-state index contributed by atoms with van der Waals surface area (Å²) in [5.41, 5.74) is 0.876. The van der Waals surface area contributed by atoms with E-state index in [0.29, 0.717) is 0 Å². The van der Waals surface area contributed by atoms with E-state index < -0.39 is 0 Å². The van der Waals surface area contributed by atoms with Crippen molar-refractivity contribution in [2.75, 3.05) is 26.2 Å². The molecule has 1 N–H and O–H groups in total. The molecule has 0 aliphatic heterocycles. The first-order valence-electron chi connectivity index (χ1n) is 10.3. The van der Waals surface area contributed by atoms with Crippen LogP contribution in [-0.4, -0.2) is 37.0 Å². The zero-order chi connectivity index (χ0) is 19.4. The first kappa shape index (κ1) is 23.0. The minimum absolute atomic E-state index is 0.218. The van der Waals surface area contributed by atoms with Crippen LogP contribution < -0.4 is 5.32 Å². The van der Waals surface area contributed by atoms with Gasteiger partial charge in [-0.05, 0) is 63.0 Å². The van der Waals surface area contributed by atoms with Crippen LogP contribution in [0.2, 0.25) is 5.02 Å². The third-order valence-corrected chi connectivity index (χ3v) is 5.48. The van der Waals surface area contributed by atoms with E-state index in [2.05, 4.69) is 50.0 Å². The third kappa shape index (κ3) is 7.28. The molecular weight excluding hydrogens is 344 g/mol. The highest BCUT2D eigenvalue weighted by molar-refractivity contribution is 6.30. The van der Waals surface area contributed by atoms with Crippen LogP contribution in [0.4, 0.5) is 0 Å². The number of rotatable bonds is 13. The summed E-state index contributed by atoms with van der Waals surface area (Å²) in [6.07, 6.45) is 5.66. The van der Waals surface area contributed by atoms with Crippen LogP contribution in [0.1, 0.15) is 65.4 Å². The summed E-state index contributed by atoms with van der Waals surface area (Å²) in [7, 11) is 0. The highest BCUT2D eigenvalue weighted by atomic mass is 35.5. The standard InChI is InChI=1S/C22H37ClN2O/c1-5-14-22(15-6-2,18-19-10-12-20(23)13-11-19)21(26)24-16-9-17-25(7-3)8-4/h10-13H,5-9,14-18H2,1-4H3,(H,24,26). The molecule has 0 saturated carbocycles. The lowest BCUT2D eigenvalue weighted by atomic mass is 9.73. The van der Waals surface area contributed by atoms with E-state index in [4.69, 9.17) is 11.6 Å². The molecule has 1 aromatic rings. The molecule has 0 atom stereocenters. The lowest BCUT2D eigenvalue weighted by molar-refractivity contribution is -0.132. The van der Waals surface area contributed by atoms with Gasteiger partial charge in [0.1, 0.15) is 0 Å². The molecule has 0 aliphatic rings.